The van der Waals surface area contributed by atoms with Gasteiger partial charge in [0.25, 0.3) is 0 Å². The number of anilines is 2. The second-order valence-electron chi connectivity index (χ2n) is 8.81. The SMILES string of the molecule is CCCC[C@]1(CC)C[S+](=O)(O)c2ccc(N(C)C)cc2[C@@H](c2cccc(N)c2)[C@H]1O. The Hall–Kier alpha value is -1.89. The van der Waals surface area contributed by atoms with Crippen LogP contribution in [0.1, 0.15) is 56.6 Å². The Morgan fingerprint density at radius 3 is 2.53 bits per heavy atom. The van der Waals surface area contributed by atoms with Crippen molar-refractivity contribution < 1.29 is 13.9 Å². The minimum Gasteiger partial charge on any atom is -0.399 e. The molecule has 164 valence electrons. The zero-order chi connectivity index (χ0) is 22.1. The summed E-state index contributed by atoms with van der Waals surface area (Å²) in [6.07, 6.45) is 2.44. The summed E-state index contributed by atoms with van der Waals surface area (Å²) in [7, 11) is 0.571. The van der Waals surface area contributed by atoms with E-state index in [9.17, 15) is 13.9 Å². The van der Waals surface area contributed by atoms with Crippen molar-refractivity contribution in [3.63, 3.8) is 0 Å². The lowest BCUT2D eigenvalue weighted by Crippen LogP contribution is -2.43. The molecule has 2 aromatic rings. The molecule has 3 rings (SSSR count). The van der Waals surface area contributed by atoms with Gasteiger partial charge in [-0.25, -0.2) is 0 Å². The van der Waals surface area contributed by atoms with Gasteiger partial charge in [0.2, 0.25) is 10.2 Å². The third-order valence-corrected chi connectivity index (χ3v) is 8.64. The molecule has 0 amide bonds. The number of hydrogen-bond donors (Lipinski definition) is 3. The third-order valence-electron chi connectivity index (χ3n) is 6.62. The van der Waals surface area contributed by atoms with Crippen LogP contribution in [-0.2, 0) is 14.4 Å². The predicted octanol–water partition coefficient (Wildman–Crippen LogP) is 4.76. The highest BCUT2D eigenvalue weighted by atomic mass is 32.3. The quantitative estimate of drug-likeness (QED) is 0.453. The first-order chi connectivity index (χ1) is 14.1. The fourth-order valence-electron chi connectivity index (χ4n) is 4.78. The lowest BCUT2D eigenvalue weighted by atomic mass is 9.69. The van der Waals surface area contributed by atoms with Crippen LogP contribution in [0.25, 0.3) is 0 Å². The van der Waals surface area contributed by atoms with Crippen molar-refractivity contribution in [3.8, 4) is 0 Å². The van der Waals surface area contributed by atoms with Gasteiger partial charge in [-0.3, -0.25) is 0 Å². The summed E-state index contributed by atoms with van der Waals surface area (Å²) in [5, 5.41) is 11.8. The van der Waals surface area contributed by atoms with Gasteiger partial charge in [-0.1, -0.05) is 43.0 Å². The molecule has 0 fully saturated rings. The van der Waals surface area contributed by atoms with Gasteiger partial charge < -0.3 is 15.7 Å². The van der Waals surface area contributed by atoms with E-state index in [0.717, 1.165) is 29.7 Å². The van der Waals surface area contributed by atoms with E-state index in [1.165, 1.54) is 0 Å². The molecule has 30 heavy (non-hydrogen) atoms. The van der Waals surface area contributed by atoms with E-state index in [1.807, 2.05) is 62.3 Å². The fraction of sp³-hybridized carbons (Fsp3) is 0.500. The Bertz CT molecular complexity index is 946. The second-order valence-corrected chi connectivity index (χ2v) is 10.8. The molecule has 0 radical (unpaired) electrons. The van der Waals surface area contributed by atoms with Crippen molar-refractivity contribution in [2.75, 3.05) is 30.5 Å². The molecule has 1 aliphatic heterocycles. The van der Waals surface area contributed by atoms with Crippen molar-refractivity contribution in [2.45, 2.75) is 56.4 Å². The van der Waals surface area contributed by atoms with Crippen molar-refractivity contribution >= 4 is 21.6 Å². The first-order valence-corrected chi connectivity index (χ1v) is 12.4. The van der Waals surface area contributed by atoms with Gasteiger partial charge in [-0.2, -0.15) is 4.55 Å². The minimum absolute atomic E-state index is 0.0742. The molecule has 4 N–H and O–H groups in total. The molecule has 0 bridgehead atoms. The first-order valence-electron chi connectivity index (χ1n) is 10.7. The number of rotatable bonds is 6. The van der Waals surface area contributed by atoms with Crippen LogP contribution in [0.4, 0.5) is 11.4 Å². The summed E-state index contributed by atoms with van der Waals surface area (Å²) >= 11 is 0. The van der Waals surface area contributed by atoms with Gasteiger partial charge in [-0.05, 0) is 48.7 Å². The van der Waals surface area contributed by atoms with Crippen LogP contribution in [0.2, 0.25) is 0 Å². The molecule has 4 atom stereocenters. The van der Waals surface area contributed by atoms with Gasteiger partial charge >= 0.3 is 0 Å². The van der Waals surface area contributed by atoms with Gasteiger partial charge in [0.15, 0.2) is 10.6 Å². The summed E-state index contributed by atoms with van der Waals surface area (Å²) in [6.45, 7) is 4.13. The van der Waals surface area contributed by atoms with Crippen LogP contribution < -0.4 is 10.6 Å². The normalized spacial score (nSPS) is 28.6. The molecule has 0 aromatic heterocycles. The number of nitrogens with zero attached hydrogens (tertiary/aromatic N) is 1. The van der Waals surface area contributed by atoms with Gasteiger partial charge in [0, 0.05) is 42.4 Å². The number of hydrogen-bond acceptors (Lipinski definition) is 4. The van der Waals surface area contributed by atoms with Crippen LogP contribution in [0.3, 0.4) is 0 Å². The Labute approximate surface area is 181 Å². The molecule has 2 aromatic carbocycles. The van der Waals surface area contributed by atoms with Crippen LogP contribution >= 0.6 is 0 Å². The van der Waals surface area contributed by atoms with E-state index in [-0.39, 0.29) is 5.75 Å². The number of aliphatic hydroxyl groups is 1. The lowest BCUT2D eigenvalue weighted by Gasteiger charge is -2.38. The number of fused-ring (bicyclic) bond motifs is 1. The number of aliphatic hydroxyl groups excluding tert-OH is 1. The second kappa shape index (κ2) is 8.69. The minimum atomic E-state index is -3.31. The van der Waals surface area contributed by atoms with Crippen molar-refractivity contribution in [1.29, 1.82) is 0 Å². The molecular weight excluding hydrogens is 396 g/mol. The topological polar surface area (TPSA) is 86.8 Å². The number of unbranched alkanes of at least 4 members (excludes halogenated alkanes) is 1. The number of nitrogen functional groups attached to an aromatic ring is 1. The molecule has 0 aliphatic carbocycles. The number of benzene rings is 2. The monoisotopic (exact) mass is 431 g/mol. The zero-order valence-corrected chi connectivity index (χ0v) is 19.3. The summed E-state index contributed by atoms with van der Waals surface area (Å²) in [4.78, 5) is 2.41. The maximum Gasteiger partial charge on any atom is 0.248 e. The van der Waals surface area contributed by atoms with E-state index in [4.69, 9.17) is 5.73 Å². The highest BCUT2D eigenvalue weighted by molar-refractivity contribution is 7.97. The molecule has 0 saturated heterocycles. The smallest absolute Gasteiger partial charge is 0.248 e. The summed E-state index contributed by atoms with van der Waals surface area (Å²) in [5.74, 6) is -0.346. The Balaban J connectivity index is 2.31. The number of nitrogens with two attached hydrogens (primary N) is 1. The van der Waals surface area contributed by atoms with Gasteiger partial charge in [0.1, 0.15) is 0 Å². The average molecular weight is 432 g/mol. The molecule has 1 aliphatic rings. The van der Waals surface area contributed by atoms with Crippen LogP contribution in [0, 0.1) is 5.41 Å². The fourth-order valence-corrected chi connectivity index (χ4v) is 7.06. The van der Waals surface area contributed by atoms with E-state index in [1.54, 1.807) is 6.07 Å². The van der Waals surface area contributed by atoms with Gasteiger partial charge in [-0.15, -0.1) is 0 Å². The van der Waals surface area contributed by atoms with Crippen molar-refractivity contribution in [3.05, 3.63) is 53.6 Å². The summed E-state index contributed by atoms with van der Waals surface area (Å²) < 4.78 is 24.9. The zero-order valence-electron chi connectivity index (χ0n) is 18.5. The lowest BCUT2D eigenvalue weighted by molar-refractivity contribution is 0.0169. The highest BCUT2D eigenvalue weighted by Gasteiger charge is 2.54. The molecule has 5 nitrogen and oxygen atoms in total. The highest BCUT2D eigenvalue weighted by Crippen LogP contribution is 2.50. The van der Waals surface area contributed by atoms with Crippen LogP contribution in [0.5, 0.6) is 0 Å². The van der Waals surface area contributed by atoms with E-state index in [2.05, 4.69) is 6.92 Å². The molecule has 6 heteroatoms. The summed E-state index contributed by atoms with van der Waals surface area (Å²) in [6, 6.07) is 13.1. The Kier molecular flexibility index (Phi) is 6.60. The van der Waals surface area contributed by atoms with E-state index < -0.39 is 27.7 Å². The molecule has 0 spiro atoms. The first kappa shape index (κ1) is 22.8. The largest absolute Gasteiger partial charge is 0.399 e. The summed E-state index contributed by atoms with van der Waals surface area (Å²) in [5.41, 5.74) is 8.60. The third kappa shape index (κ3) is 4.13. The predicted molar refractivity (Wildman–Crippen MR) is 126 cm³/mol. The van der Waals surface area contributed by atoms with Crippen molar-refractivity contribution in [1.82, 2.24) is 0 Å². The maximum absolute atomic E-state index is 13.7. The van der Waals surface area contributed by atoms with Gasteiger partial charge in [0.05, 0.1) is 6.10 Å². The van der Waals surface area contributed by atoms with Crippen LogP contribution in [-0.4, -0.2) is 35.6 Å². The molecule has 1 unspecified atom stereocenters. The molecule has 1 heterocycles. The molecular formula is C24H35N2O3S+. The van der Waals surface area contributed by atoms with E-state index >= 15 is 0 Å². The molecule has 0 saturated carbocycles. The average Bonchev–Trinajstić information content (AvgIpc) is 2.77. The maximum atomic E-state index is 13.7. The van der Waals surface area contributed by atoms with E-state index in [0.29, 0.717) is 23.4 Å². The Morgan fingerprint density at radius 2 is 1.93 bits per heavy atom. The van der Waals surface area contributed by atoms with Crippen LogP contribution in [0.15, 0.2) is 47.4 Å². The van der Waals surface area contributed by atoms with Crippen molar-refractivity contribution in [2.24, 2.45) is 5.41 Å². The Morgan fingerprint density at radius 1 is 1.20 bits per heavy atom. The standard InChI is InChI=1S/C24H34N2O3S/c1-5-7-13-24(6-2)16-30(28,29)21-12-11-19(26(3)4)15-20(21)22(23(24)27)17-9-8-10-18(25)14-17/h8-12,14-15,22-23,27H,5-7,13,16,25H2,1-4H3/p+1/t22-,23-,24-/m1/s1.